The van der Waals surface area contributed by atoms with Crippen LogP contribution in [0.4, 0.5) is 0 Å². The molecule has 3 rings (SSSR count). The summed E-state index contributed by atoms with van der Waals surface area (Å²) in [7, 11) is 0. The van der Waals surface area contributed by atoms with Crippen molar-refractivity contribution in [2.24, 2.45) is 0 Å². The fourth-order valence-corrected chi connectivity index (χ4v) is 3.60. The Morgan fingerprint density at radius 1 is 1.39 bits per heavy atom. The maximum absolute atomic E-state index is 9.41. The first-order chi connectivity index (χ1) is 8.75. The van der Waals surface area contributed by atoms with Gasteiger partial charge in [-0.3, -0.25) is 4.98 Å². The van der Waals surface area contributed by atoms with E-state index in [0.717, 1.165) is 40.5 Å². The number of pyridine rings is 1. The maximum Gasteiger partial charge on any atom is 0.142 e. The van der Waals surface area contributed by atoms with Crippen molar-refractivity contribution in [3.63, 3.8) is 0 Å². The molecule has 3 nitrogen and oxygen atoms in total. The van der Waals surface area contributed by atoms with E-state index < -0.39 is 0 Å². The highest BCUT2D eigenvalue weighted by molar-refractivity contribution is 7.15. The molecule has 2 aromatic heterocycles. The van der Waals surface area contributed by atoms with E-state index in [1.807, 2.05) is 25.1 Å². The molecule has 18 heavy (non-hydrogen) atoms. The summed E-state index contributed by atoms with van der Waals surface area (Å²) in [4.78, 5) is 10.0. The molecule has 0 radical (unpaired) electrons. The van der Waals surface area contributed by atoms with Gasteiger partial charge in [-0.25, -0.2) is 4.98 Å². The van der Waals surface area contributed by atoms with E-state index in [1.54, 1.807) is 17.5 Å². The molecule has 4 heteroatoms. The van der Waals surface area contributed by atoms with Crippen molar-refractivity contribution in [2.75, 3.05) is 0 Å². The van der Waals surface area contributed by atoms with E-state index in [9.17, 15) is 5.26 Å². The molecule has 1 fully saturated rings. The SMILES string of the molecule is Cc1nc(-c2ccccn2)sc1C1(C#N)CCC1. The molecule has 1 saturated carbocycles. The number of nitriles is 1. The zero-order chi connectivity index (χ0) is 12.6. The lowest BCUT2D eigenvalue weighted by molar-refractivity contribution is 0.328. The van der Waals surface area contributed by atoms with Crippen molar-refractivity contribution in [3.8, 4) is 16.8 Å². The van der Waals surface area contributed by atoms with E-state index in [-0.39, 0.29) is 5.41 Å². The van der Waals surface area contributed by atoms with E-state index in [4.69, 9.17) is 0 Å². The van der Waals surface area contributed by atoms with E-state index in [2.05, 4.69) is 16.0 Å². The van der Waals surface area contributed by atoms with Gasteiger partial charge in [0.15, 0.2) is 0 Å². The van der Waals surface area contributed by atoms with Gasteiger partial charge in [-0.1, -0.05) is 6.07 Å². The lowest BCUT2D eigenvalue weighted by Crippen LogP contribution is -2.31. The summed E-state index contributed by atoms with van der Waals surface area (Å²) in [5.41, 5.74) is 1.61. The number of rotatable bonds is 2. The van der Waals surface area contributed by atoms with Crippen molar-refractivity contribution >= 4 is 11.3 Å². The molecule has 1 aliphatic rings. The van der Waals surface area contributed by atoms with Crippen LogP contribution in [-0.4, -0.2) is 9.97 Å². The summed E-state index contributed by atoms with van der Waals surface area (Å²) >= 11 is 1.62. The van der Waals surface area contributed by atoms with Crippen LogP contribution in [0, 0.1) is 18.3 Å². The van der Waals surface area contributed by atoms with E-state index in [1.165, 1.54) is 0 Å². The number of hydrogen-bond donors (Lipinski definition) is 0. The first kappa shape index (κ1) is 11.4. The highest BCUT2D eigenvalue weighted by Gasteiger charge is 2.42. The van der Waals surface area contributed by atoms with Crippen LogP contribution < -0.4 is 0 Å². The smallest absolute Gasteiger partial charge is 0.142 e. The molecule has 0 unspecified atom stereocenters. The Labute approximate surface area is 110 Å². The third kappa shape index (κ3) is 1.63. The minimum atomic E-state index is -0.269. The normalized spacial score (nSPS) is 16.9. The van der Waals surface area contributed by atoms with Crippen LogP contribution in [0.5, 0.6) is 0 Å². The van der Waals surface area contributed by atoms with Gasteiger partial charge in [-0.2, -0.15) is 5.26 Å². The van der Waals surface area contributed by atoms with Crippen molar-refractivity contribution in [1.82, 2.24) is 9.97 Å². The van der Waals surface area contributed by atoms with Gasteiger partial charge >= 0.3 is 0 Å². The number of nitrogens with zero attached hydrogens (tertiary/aromatic N) is 3. The predicted octanol–water partition coefficient (Wildman–Crippen LogP) is 3.46. The van der Waals surface area contributed by atoms with Gasteiger partial charge in [0.2, 0.25) is 0 Å². The van der Waals surface area contributed by atoms with Crippen molar-refractivity contribution < 1.29 is 0 Å². The molecule has 0 spiro atoms. The number of thiazole rings is 1. The van der Waals surface area contributed by atoms with Crippen molar-refractivity contribution in [2.45, 2.75) is 31.6 Å². The standard InChI is InChI=1S/C14H13N3S/c1-10-12(14(9-15)6-4-7-14)18-13(17-10)11-5-2-3-8-16-11/h2-3,5,8H,4,6-7H2,1H3. The minimum absolute atomic E-state index is 0.269. The lowest BCUT2D eigenvalue weighted by atomic mass is 9.68. The quantitative estimate of drug-likeness (QED) is 0.825. The molecule has 0 aliphatic heterocycles. The molecule has 90 valence electrons. The zero-order valence-electron chi connectivity index (χ0n) is 10.2. The fourth-order valence-electron chi connectivity index (χ4n) is 2.36. The fraction of sp³-hybridized carbons (Fsp3) is 0.357. The predicted molar refractivity (Wildman–Crippen MR) is 71.2 cm³/mol. The Balaban J connectivity index is 2.05. The summed E-state index contributed by atoms with van der Waals surface area (Å²) in [6.45, 7) is 2.00. The van der Waals surface area contributed by atoms with Crippen LogP contribution in [0.2, 0.25) is 0 Å². The molecule has 0 amide bonds. The van der Waals surface area contributed by atoms with Gasteiger partial charge < -0.3 is 0 Å². The van der Waals surface area contributed by atoms with E-state index in [0.29, 0.717) is 0 Å². The van der Waals surface area contributed by atoms with Gasteiger partial charge in [0.1, 0.15) is 5.01 Å². The van der Waals surface area contributed by atoms with Crippen LogP contribution in [-0.2, 0) is 5.41 Å². The second kappa shape index (κ2) is 4.18. The van der Waals surface area contributed by atoms with Crippen LogP contribution >= 0.6 is 11.3 Å². The Hall–Kier alpha value is -1.73. The zero-order valence-corrected chi connectivity index (χ0v) is 11.0. The van der Waals surface area contributed by atoms with Crippen LogP contribution in [0.25, 0.3) is 10.7 Å². The molecule has 0 bridgehead atoms. The topological polar surface area (TPSA) is 49.6 Å². The number of aromatic nitrogens is 2. The van der Waals surface area contributed by atoms with E-state index >= 15 is 0 Å². The maximum atomic E-state index is 9.41. The summed E-state index contributed by atoms with van der Waals surface area (Å²) < 4.78 is 0. The number of aryl methyl sites for hydroxylation is 1. The highest BCUT2D eigenvalue weighted by Crippen LogP contribution is 2.47. The first-order valence-corrected chi connectivity index (χ1v) is 6.87. The average molecular weight is 255 g/mol. The number of hydrogen-bond acceptors (Lipinski definition) is 4. The molecule has 2 aromatic rings. The third-order valence-corrected chi connectivity index (χ3v) is 4.92. The average Bonchev–Trinajstić information content (AvgIpc) is 2.73. The summed E-state index contributed by atoms with van der Waals surface area (Å²) in [5.74, 6) is 0. The molecule has 0 N–H and O–H groups in total. The first-order valence-electron chi connectivity index (χ1n) is 6.06. The van der Waals surface area contributed by atoms with Gasteiger partial charge in [0, 0.05) is 11.1 Å². The Bertz CT molecular complexity index is 606. The van der Waals surface area contributed by atoms with Gasteiger partial charge in [-0.05, 0) is 38.3 Å². The van der Waals surface area contributed by atoms with Gasteiger partial charge in [0.05, 0.1) is 22.9 Å². The summed E-state index contributed by atoms with van der Waals surface area (Å²) in [6, 6.07) is 8.30. The second-order valence-corrected chi connectivity index (χ2v) is 5.70. The van der Waals surface area contributed by atoms with Gasteiger partial charge in [-0.15, -0.1) is 11.3 Å². The minimum Gasteiger partial charge on any atom is -0.254 e. The molecule has 0 saturated heterocycles. The van der Waals surface area contributed by atoms with Crippen LogP contribution in [0.15, 0.2) is 24.4 Å². The summed E-state index contributed by atoms with van der Waals surface area (Å²) in [6.07, 6.45) is 4.85. The highest BCUT2D eigenvalue weighted by atomic mass is 32.1. The molecule has 1 aliphatic carbocycles. The van der Waals surface area contributed by atoms with Crippen LogP contribution in [0.3, 0.4) is 0 Å². The van der Waals surface area contributed by atoms with Crippen molar-refractivity contribution in [3.05, 3.63) is 35.0 Å². The molecular formula is C14H13N3S. The van der Waals surface area contributed by atoms with Crippen molar-refractivity contribution in [1.29, 1.82) is 5.26 Å². The third-order valence-electron chi connectivity index (χ3n) is 3.54. The van der Waals surface area contributed by atoms with Crippen LogP contribution in [0.1, 0.15) is 29.8 Å². The molecule has 0 atom stereocenters. The molecular weight excluding hydrogens is 242 g/mol. The second-order valence-electron chi connectivity index (χ2n) is 4.70. The Kier molecular flexibility index (Phi) is 2.64. The Morgan fingerprint density at radius 3 is 2.78 bits per heavy atom. The monoisotopic (exact) mass is 255 g/mol. The summed E-state index contributed by atoms with van der Waals surface area (Å²) in [5, 5.41) is 10.3. The molecule has 0 aromatic carbocycles. The molecule has 2 heterocycles. The largest absolute Gasteiger partial charge is 0.254 e. The van der Waals surface area contributed by atoms with Gasteiger partial charge in [0.25, 0.3) is 0 Å². The Morgan fingerprint density at radius 2 is 2.22 bits per heavy atom. The lowest BCUT2D eigenvalue weighted by Gasteiger charge is -2.34.